The summed E-state index contributed by atoms with van der Waals surface area (Å²) in [6, 6.07) is 15.8. The molecule has 0 radical (unpaired) electrons. The molecule has 6 nitrogen and oxygen atoms in total. The smallest absolute Gasteiger partial charge is 0.300 e. The largest absolute Gasteiger partial charge is 0.507 e. The summed E-state index contributed by atoms with van der Waals surface area (Å²) in [7, 11) is 1.44. The molecular weight excluding hydrogens is 394 g/mol. The van der Waals surface area contributed by atoms with Gasteiger partial charge in [-0.3, -0.25) is 14.5 Å². The number of carbonyl (C=O) groups is 2. The van der Waals surface area contributed by atoms with Crippen molar-refractivity contribution in [3.8, 4) is 5.75 Å². The number of nitrogens with zero attached hydrogens (tertiary/aromatic N) is 1. The minimum atomic E-state index is -0.934. The number of hydrogen-bond donors (Lipinski definition) is 1. The number of hydrogen-bond acceptors (Lipinski definition) is 5. The van der Waals surface area contributed by atoms with E-state index in [1.807, 2.05) is 0 Å². The second-order valence-electron chi connectivity index (χ2n) is 6.36. The average molecular weight is 410 g/mol. The molecule has 29 heavy (non-hydrogen) atoms. The molecule has 3 aromatic rings. The van der Waals surface area contributed by atoms with E-state index < -0.39 is 17.7 Å². The van der Waals surface area contributed by atoms with Gasteiger partial charge >= 0.3 is 0 Å². The maximum absolute atomic E-state index is 13.0. The van der Waals surface area contributed by atoms with Crippen molar-refractivity contribution >= 4 is 34.7 Å². The normalized spacial score (nSPS) is 18.3. The van der Waals surface area contributed by atoms with Gasteiger partial charge in [0.15, 0.2) is 0 Å². The summed E-state index contributed by atoms with van der Waals surface area (Å²) < 4.78 is 10.8. The Morgan fingerprint density at radius 2 is 1.86 bits per heavy atom. The van der Waals surface area contributed by atoms with Crippen molar-refractivity contribution in [1.82, 2.24) is 0 Å². The quantitative estimate of drug-likeness (QED) is 0.388. The van der Waals surface area contributed by atoms with Crippen LogP contribution in [0.1, 0.15) is 17.4 Å². The molecule has 0 bridgehead atoms. The number of para-hydroxylation sites is 1. The lowest BCUT2D eigenvalue weighted by molar-refractivity contribution is -0.132. The van der Waals surface area contributed by atoms with Crippen molar-refractivity contribution in [2.45, 2.75) is 6.04 Å². The Labute approximate surface area is 171 Å². The van der Waals surface area contributed by atoms with Gasteiger partial charge in [-0.05, 0) is 42.5 Å². The molecule has 2 heterocycles. The van der Waals surface area contributed by atoms with Crippen molar-refractivity contribution in [2.24, 2.45) is 0 Å². The Morgan fingerprint density at radius 3 is 2.52 bits per heavy atom. The van der Waals surface area contributed by atoms with Crippen LogP contribution in [-0.2, 0) is 9.59 Å². The van der Waals surface area contributed by atoms with Crippen LogP contribution in [0.25, 0.3) is 5.76 Å². The van der Waals surface area contributed by atoms with Gasteiger partial charge in [-0.2, -0.15) is 0 Å². The summed E-state index contributed by atoms with van der Waals surface area (Å²) in [5.41, 5.74) is 0.616. The van der Waals surface area contributed by atoms with Crippen LogP contribution in [0.2, 0.25) is 5.02 Å². The highest BCUT2D eigenvalue weighted by molar-refractivity contribution is 6.51. The molecule has 1 aliphatic heterocycles. The Balaban J connectivity index is 1.96. The number of ether oxygens (including phenoxy) is 1. The van der Waals surface area contributed by atoms with E-state index in [-0.39, 0.29) is 16.9 Å². The predicted octanol–water partition coefficient (Wildman–Crippen LogP) is 4.57. The molecule has 1 atom stereocenters. The monoisotopic (exact) mass is 409 g/mol. The number of amides is 1. The topological polar surface area (TPSA) is 80.0 Å². The highest BCUT2D eigenvalue weighted by atomic mass is 35.5. The van der Waals surface area contributed by atoms with Crippen LogP contribution < -0.4 is 9.64 Å². The maximum atomic E-state index is 13.0. The van der Waals surface area contributed by atoms with Gasteiger partial charge in [-0.1, -0.05) is 29.8 Å². The van der Waals surface area contributed by atoms with Crippen molar-refractivity contribution in [3.05, 3.63) is 88.8 Å². The first-order valence-corrected chi connectivity index (χ1v) is 9.14. The fourth-order valence-electron chi connectivity index (χ4n) is 3.41. The van der Waals surface area contributed by atoms with Crippen LogP contribution in [0.3, 0.4) is 0 Å². The number of carbonyl (C=O) groups excluding carboxylic acids is 2. The molecule has 1 unspecified atom stereocenters. The van der Waals surface area contributed by atoms with E-state index >= 15 is 0 Å². The average Bonchev–Trinajstić information content (AvgIpc) is 3.35. The Morgan fingerprint density at radius 1 is 1.10 bits per heavy atom. The van der Waals surface area contributed by atoms with Gasteiger partial charge in [0, 0.05) is 10.7 Å². The Bertz CT molecular complexity index is 1110. The van der Waals surface area contributed by atoms with Crippen LogP contribution in [0.15, 0.2) is 76.9 Å². The van der Waals surface area contributed by atoms with Gasteiger partial charge in [0.1, 0.15) is 23.3 Å². The Kier molecular flexibility index (Phi) is 4.86. The van der Waals surface area contributed by atoms with E-state index in [4.69, 9.17) is 20.8 Å². The first kappa shape index (κ1) is 18.8. The third-order valence-electron chi connectivity index (χ3n) is 4.71. The lowest BCUT2D eigenvalue weighted by Gasteiger charge is -2.23. The molecule has 4 rings (SSSR count). The van der Waals surface area contributed by atoms with Gasteiger partial charge in [0.25, 0.3) is 11.7 Å². The number of aliphatic hydroxyl groups is 1. The van der Waals surface area contributed by atoms with Crippen LogP contribution in [0.4, 0.5) is 5.69 Å². The van der Waals surface area contributed by atoms with Crippen LogP contribution in [0, 0.1) is 0 Å². The van der Waals surface area contributed by atoms with Gasteiger partial charge < -0.3 is 14.3 Å². The van der Waals surface area contributed by atoms with Crippen LogP contribution in [0.5, 0.6) is 5.75 Å². The van der Waals surface area contributed by atoms with Crippen molar-refractivity contribution in [3.63, 3.8) is 0 Å². The highest BCUT2D eigenvalue weighted by Crippen LogP contribution is 2.43. The van der Waals surface area contributed by atoms with E-state index in [2.05, 4.69) is 0 Å². The second-order valence-corrected chi connectivity index (χ2v) is 6.80. The van der Waals surface area contributed by atoms with Crippen molar-refractivity contribution < 1.29 is 23.8 Å². The number of aliphatic hydroxyl groups excluding tert-OH is 1. The third kappa shape index (κ3) is 3.17. The van der Waals surface area contributed by atoms with E-state index in [0.717, 1.165) is 0 Å². The number of benzene rings is 2. The molecule has 1 fully saturated rings. The lowest BCUT2D eigenvalue weighted by atomic mass is 9.98. The van der Waals surface area contributed by atoms with Crippen molar-refractivity contribution in [1.29, 1.82) is 0 Å². The number of halogens is 1. The summed E-state index contributed by atoms with van der Waals surface area (Å²) in [5, 5.41) is 11.4. The second kappa shape index (κ2) is 7.48. The minimum absolute atomic E-state index is 0.102. The molecule has 1 aliphatic rings. The summed E-state index contributed by atoms with van der Waals surface area (Å²) in [6.07, 6.45) is 1.44. The molecule has 146 valence electrons. The van der Waals surface area contributed by atoms with Gasteiger partial charge in [-0.15, -0.1) is 0 Å². The van der Waals surface area contributed by atoms with Crippen LogP contribution in [-0.4, -0.2) is 23.9 Å². The molecule has 7 heteroatoms. The standard InChI is InChI=1S/C22H16ClNO5/c1-28-16-10-9-13(23)12-15(16)20(25)18-19(17-8-5-11-29-17)24(22(27)21(18)26)14-6-3-2-4-7-14/h2-12,19,25H,1H3/b20-18-. The molecule has 1 aromatic heterocycles. The molecule has 0 aliphatic carbocycles. The number of methoxy groups -OCH3 is 1. The number of rotatable bonds is 4. The zero-order valence-electron chi connectivity index (χ0n) is 15.3. The summed E-state index contributed by atoms with van der Waals surface area (Å²) in [4.78, 5) is 27.2. The maximum Gasteiger partial charge on any atom is 0.300 e. The summed E-state index contributed by atoms with van der Waals surface area (Å²) >= 11 is 6.08. The molecule has 2 aromatic carbocycles. The van der Waals surface area contributed by atoms with E-state index in [1.165, 1.54) is 24.3 Å². The van der Waals surface area contributed by atoms with E-state index in [9.17, 15) is 14.7 Å². The van der Waals surface area contributed by atoms with Gasteiger partial charge in [0.2, 0.25) is 0 Å². The minimum Gasteiger partial charge on any atom is -0.507 e. The van der Waals surface area contributed by atoms with Crippen LogP contribution >= 0.6 is 11.6 Å². The molecule has 1 saturated heterocycles. The van der Waals surface area contributed by atoms with Gasteiger partial charge in [-0.25, -0.2) is 0 Å². The predicted molar refractivity (Wildman–Crippen MR) is 108 cm³/mol. The highest BCUT2D eigenvalue weighted by Gasteiger charge is 2.48. The van der Waals surface area contributed by atoms with Crippen molar-refractivity contribution in [2.75, 3.05) is 12.0 Å². The zero-order chi connectivity index (χ0) is 20.5. The first-order valence-electron chi connectivity index (χ1n) is 8.76. The van der Waals surface area contributed by atoms with E-state index in [0.29, 0.717) is 22.2 Å². The molecule has 0 saturated carbocycles. The molecule has 0 spiro atoms. The summed E-state index contributed by atoms with van der Waals surface area (Å²) in [6.45, 7) is 0. The number of anilines is 1. The first-order chi connectivity index (χ1) is 14.0. The van der Waals surface area contributed by atoms with Gasteiger partial charge in [0.05, 0.1) is 24.5 Å². The lowest BCUT2D eigenvalue weighted by Crippen LogP contribution is -2.29. The fraction of sp³-hybridized carbons (Fsp3) is 0.0909. The molecule has 1 N–H and O–H groups in total. The Hall–Kier alpha value is -3.51. The summed E-state index contributed by atoms with van der Waals surface area (Å²) in [5.74, 6) is -1.32. The number of furan rings is 1. The van der Waals surface area contributed by atoms with E-state index in [1.54, 1.807) is 54.6 Å². The number of Topliss-reactive ketones (excluding diaryl/α,β-unsaturated/α-hetero) is 1. The number of ketones is 1. The SMILES string of the molecule is COc1ccc(Cl)cc1/C(O)=C1/C(=O)C(=O)N(c2ccccc2)C1c1ccco1. The fourth-order valence-corrected chi connectivity index (χ4v) is 3.59. The molecular formula is C22H16ClNO5. The third-order valence-corrected chi connectivity index (χ3v) is 4.94. The zero-order valence-corrected chi connectivity index (χ0v) is 16.1. The molecule has 1 amide bonds.